The van der Waals surface area contributed by atoms with Crippen LogP contribution in [0.5, 0.6) is 0 Å². The van der Waals surface area contributed by atoms with E-state index in [9.17, 15) is 14.4 Å². The predicted molar refractivity (Wildman–Crippen MR) is 118 cm³/mol. The topological polar surface area (TPSA) is 84.9 Å². The fraction of sp³-hybridized carbons (Fsp3) is 0.125. The molecule has 31 heavy (non-hydrogen) atoms. The second-order valence-corrected chi connectivity index (χ2v) is 6.58. The van der Waals surface area contributed by atoms with Crippen molar-refractivity contribution >= 4 is 40.6 Å². The second kappa shape index (κ2) is 9.58. The molecule has 3 aromatic carbocycles. The standard InChI is InChI=1S/C24H22N2O5/c1-16(27)25-17-12-14-18(15-13-17)26(21-10-6-4-8-19(21)23(28)30-2)22-11-7-5-9-20(22)24(29)31-3/h4-15H,1-3H3,(H,25,27). The predicted octanol–water partition coefficient (Wildman–Crippen LogP) is 4.69. The number of anilines is 4. The minimum Gasteiger partial charge on any atom is -0.465 e. The highest BCUT2D eigenvalue weighted by atomic mass is 16.5. The molecule has 7 heteroatoms. The number of carbonyl (C=O) groups is 3. The zero-order valence-corrected chi connectivity index (χ0v) is 17.4. The normalized spacial score (nSPS) is 10.2. The van der Waals surface area contributed by atoms with Crippen molar-refractivity contribution < 1.29 is 23.9 Å². The van der Waals surface area contributed by atoms with Gasteiger partial charge in [0.25, 0.3) is 0 Å². The van der Waals surface area contributed by atoms with Crippen molar-refractivity contribution in [1.82, 2.24) is 0 Å². The number of carbonyl (C=O) groups excluding carboxylic acids is 3. The Morgan fingerprint density at radius 1 is 0.710 bits per heavy atom. The maximum Gasteiger partial charge on any atom is 0.339 e. The minimum atomic E-state index is -0.508. The highest BCUT2D eigenvalue weighted by Gasteiger charge is 2.24. The molecule has 0 aliphatic carbocycles. The SMILES string of the molecule is COC(=O)c1ccccc1N(c1ccc(NC(C)=O)cc1)c1ccccc1C(=O)OC. The second-order valence-electron chi connectivity index (χ2n) is 6.58. The first-order valence-corrected chi connectivity index (χ1v) is 9.48. The average Bonchev–Trinajstić information content (AvgIpc) is 2.79. The van der Waals surface area contributed by atoms with Gasteiger partial charge in [-0.05, 0) is 48.5 Å². The van der Waals surface area contributed by atoms with Gasteiger partial charge in [-0.2, -0.15) is 0 Å². The molecule has 0 heterocycles. The smallest absolute Gasteiger partial charge is 0.339 e. The molecule has 0 saturated carbocycles. The first kappa shape index (κ1) is 21.6. The molecule has 0 unspecified atom stereocenters. The molecule has 158 valence electrons. The van der Waals surface area contributed by atoms with Crippen LogP contribution in [-0.4, -0.2) is 32.1 Å². The fourth-order valence-electron chi connectivity index (χ4n) is 3.21. The van der Waals surface area contributed by atoms with Gasteiger partial charge in [-0.1, -0.05) is 24.3 Å². The van der Waals surface area contributed by atoms with Crippen molar-refractivity contribution in [3.05, 3.63) is 83.9 Å². The van der Waals surface area contributed by atoms with Crippen LogP contribution in [0.25, 0.3) is 0 Å². The molecular formula is C24H22N2O5. The molecule has 0 atom stereocenters. The van der Waals surface area contributed by atoms with Crippen molar-refractivity contribution in [1.29, 1.82) is 0 Å². The number of esters is 2. The number of hydrogen-bond acceptors (Lipinski definition) is 6. The van der Waals surface area contributed by atoms with Crippen molar-refractivity contribution in [3.8, 4) is 0 Å². The Balaban J connectivity index is 2.23. The number of ether oxygens (including phenoxy) is 2. The molecule has 0 fully saturated rings. The lowest BCUT2D eigenvalue weighted by atomic mass is 10.1. The lowest BCUT2D eigenvalue weighted by Gasteiger charge is -2.28. The third kappa shape index (κ3) is 4.72. The van der Waals surface area contributed by atoms with Crippen LogP contribution in [0.3, 0.4) is 0 Å². The van der Waals surface area contributed by atoms with E-state index < -0.39 is 11.9 Å². The van der Waals surface area contributed by atoms with Crippen molar-refractivity contribution in [2.45, 2.75) is 6.92 Å². The summed E-state index contributed by atoms with van der Waals surface area (Å²) in [6.45, 7) is 1.43. The molecule has 0 saturated heterocycles. The summed E-state index contributed by atoms with van der Waals surface area (Å²) in [5.74, 6) is -1.20. The van der Waals surface area contributed by atoms with Crippen LogP contribution in [0, 0.1) is 0 Å². The maximum absolute atomic E-state index is 12.5. The summed E-state index contributed by atoms with van der Waals surface area (Å²) in [7, 11) is 2.63. The van der Waals surface area contributed by atoms with E-state index in [2.05, 4.69) is 5.32 Å². The van der Waals surface area contributed by atoms with Crippen LogP contribution in [0.2, 0.25) is 0 Å². The third-order valence-corrected chi connectivity index (χ3v) is 4.55. The third-order valence-electron chi connectivity index (χ3n) is 4.55. The van der Waals surface area contributed by atoms with Gasteiger partial charge in [-0.25, -0.2) is 9.59 Å². The Morgan fingerprint density at radius 2 is 1.16 bits per heavy atom. The highest BCUT2D eigenvalue weighted by Crippen LogP contribution is 2.39. The first-order chi connectivity index (χ1) is 15.0. The van der Waals surface area contributed by atoms with E-state index in [1.807, 2.05) is 0 Å². The van der Waals surface area contributed by atoms with Gasteiger partial charge < -0.3 is 19.7 Å². The van der Waals surface area contributed by atoms with E-state index >= 15 is 0 Å². The summed E-state index contributed by atoms with van der Waals surface area (Å²) in [6, 6.07) is 20.9. The molecule has 3 aromatic rings. The number of benzene rings is 3. The van der Waals surface area contributed by atoms with Crippen LogP contribution in [0.15, 0.2) is 72.8 Å². The fourth-order valence-corrected chi connectivity index (χ4v) is 3.21. The van der Waals surface area contributed by atoms with Gasteiger partial charge >= 0.3 is 11.9 Å². The molecule has 1 amide bonds. The average molecular weight is 418 g/mol. The van der Waals surface area contributed by atoms with Gasteiger partial charge in [0.05, 0.1) is 36.7 Å². The summed E-state index contributed by atoms with van der Waals surface area (Å²) < 4.78 is 9.91. The molecule has 3 rings (SSSR count). The van der Waals surface area contributed by atoms with Crippen LogP contribution in [0.1, 0.15) is 27.6 Å². The molecule has 7 nitrogen and oxygen atoms in total. The Kier molecular flexibility index (Phi) is 6.67. The lowest BCUT2D eigenvalue weighted by molar-refractivity contribution is -0.114. The molecule has 1 N–H and O–H groups in total. The van der Waals surface area contributed by atoms with E-state index in [0.717, 1.165) is 0 Å². The Hall–Kier alpha value is -4.13. The van der Waals surface area contributed by atoms with Crippen LogP contribution < -0.4 is 10.2 Å². The van der Waals surface area contributed by atoms with Crippen LogP contribution >= 0.6 is 0 Å². The van der Waals surface area contributed by atoms with Gasteiger partial charge in [0.2, 0.25) is 5.91 Å². The zero-order chi connectivity index (χ0) is 22.4. The number of methoxy groups -OCH3 is 2. The minimum absolute atomic E-state index is 0.184. The molecule has 0 bridgehead atoms. The Bertz CT molecular complexity index is 1050. The van der Waals surface area contributed by atoms with Gasteiger partial charge in [-0.15, -0.1) is 0 Å². The van der Waals surface area contributed by atoms with Gasteiger partial charge in [-0.3, -0.25) is 4.79 Å². The lowest BCUT2D eigenvalue weighted by Crippen LogP contribution is -2.18. The summed E-state index contributed by atoms with van der Waals surface area (Å²) in [4.78, 5) is 38.1. The van der Waals surface area contributed by atoms with E-state index in [1.54, 1.807) is 77.7 Å². The van der Waals surface area contributed by atoms with E-state index in [4.69, 9.17) is 9.47 Å². The summed E-state index contributed by atoms with van der Waals surface area (Å²) in [6.07, 6.45) is 0. The van der Waals surface area contributed by atoms with E-state index in [-0.39, 0.29) is 5.91 Å². The van der Waals surface area contributed by atoms with E-state index in [1.165, 1.54) is 21.1 Å². The number of hydrogen-bond donors (Lipinski definition) is 1. The van der Waals surface area contributed by atoms with Gasteiger partial charge in [0, 0.05) is 18.3 Å². The van der Waals surface area contributed by atoms with Crippen molar-refractivity contribution in [3.63, 3.8) is 0 Å². The maximum atomic E-state index is 12.5. The molecule has 0 aliphatic rings. The molecule has 0 spiro atoms. The van der Waals surface area contributed by atoms with Crippen molar-refractivity contribution in [2.24, 2.45) is 0 Å². The Labute approximate surface area is 180 Å². The van der Waals surface area contributed by atoms with Crippen LogP contribution in [0.4, 0.5) is 22.7 Å². The number of nitrogens with one attached hydrogen (secondary N) is 1. The summed E-state index contributed by atoms with van der Waals surface area (Å²) in [5, 5.41) is 2.72. The Morgan fingerprint density at radius 3 is 1.58 bits per heavy atom. The molecule has 0 radical (unpaired) electrons. The summed E-state index contributed by atoms with van der Waals surface area (Å²) >= 11 is 0. The number of nitrogens with zero attached hydrogens (tertiary/aromatic N) is 1. The monoisotopic (exact) mass is 418 g/mol. The van der Waals surface area contributed by atoms with E-state index in [0.29, 0.717) is 33.9 Å². The number of para-hydroxylation sites is 2. The quantitative estimate of drug-likeness (QED) is 0.585. The molecule has 0 aliphatic heterocycles. The number of amides is 1. The zero-order valence-electron chi connectivity index (χ0n) is 17.4. The van der Waals surface area contributed by atoms with Gasteiger partial charge in [0.1, 0.15) is 0 Å². The van der Waals surface area contributed by atoms with Gasteiger partial charge in [0.15, 0.2) is 0 Å². The van der Waals surface area contributed by atoms with Crippen LogP contribution in [-0.2, 0) is 14.3 Å². The largest absolute Gasteiger partial charge is 0.465 e. The molecular weight excluding hydrogens is 396 g/mol. The number of rotatable bonds is 6. The highest BCUT2D eigenvalue weighted by molar-refractivity contribution is 6.03. The molecule has 0 aromatic heterocycles. The first-order valence-electron chi connectivity index (χ1n) is 9.48. The van der Waals surface area contributed by atoms with Crippen molar-refractivity contribution in [2.75, 3.05) is 24.4 Å². The summed E-state index contributed by atoms with van der Waals surface area (Å²) in [5.41, 5.74) is 3.00.